The quantitative estimate of drug-likeness (QED) is 0.889. The second-order valence-electron chi connectivity index (χ2n) is 8.05. The van der Waals surface area contributed by atoms with Crippen LogP contribution in [-0.2, 0) is 5.41 Å². The van der Waals surface area contributed by atoms with Crippen LogP contribution in [-0.4, -0.2) is 17.2 Å². The molecule has 2 amide bonds. The Morgan fingerprint density at radius 2 is 2.14 bits per heavy atom. The Morgan fingerprint density at radius 1 is 1.36 bits per heavy atom. The molecule has 2 fully saturated rings. The van der Waals surface area contributed by atoms with E-state index in [0.717, 1.165) is 17.6 Å². The molecule has 0 aliphatic heterocycles. The van der Waals surface area contributed by atoms with E-state index >= 15 is 0 Å². The van der Waals surface area contributed by atoms with Crippen molar-refractivity contribution in [3.63, 3.8) is 0 Å². The van der Waals surface area contributed by atoms with E-state index < -0.39 is 0 Å². The maximum atomic E-state index is 12.1. The van der Waals surface area contributed by atoms with Crippen molar-refractivity contribution in [3.05, 3.63) is 11.8 Å². The standard InChI is InChI=1S/C17H27N3O2/c1-10(13-8-11-5-6-12(13)7-11)18-16(21)19-15-9-14(22-20-15)17(2,3)4/h9-13H,5-8H2,1-4H3,(H2,18,19,20,21). The number of nitrogens with one attached hydrogen (secondary N) is 2. The second-order valence-corrected chi connectivity index (χ2v) is 8.05. The number of hydrogen-bond acceptors (Lipinski definition) is 3. The highest BCUT2D eigenvalue weighted by Gasteiger charge is 2.42. The largest absolute Gasteiger partial charge is 0.359 e. The highest BCUT2D eigenvalue weighted by atomic mass is 16.5. The van der Waals surface area contributed by atoms with E-state index in [1.165, 1.54) is 25.7 Å². The normalized spacial score (nSPS) is 28.6. The van der Waals surface area contributed by atoms with Gasteiger partial charge in [-0.05, 0) is 43.9 Å². The third-order valence-corrected chi connectivity index (χ3v) is 5.28. The van der Waals surface area contributed by atoms with Gasteiger partial charge in [0.1, 0.15) is 5.76 Å². The van der Waals surface area contributed by atoms with Gasteiger partial charge in [0, 0.05) is 17.5 Å². The minimum atomic E-state index is -0.191. The zero-order valence-electron chi connectivity index (χ0n) is 14.0. The van der Waals surface area contributed by atoms with Crippen molar-refractivity contribution < 1.29 is 9.32 Å². The van der Waals surface area contributed by atoms with Gasteiger partial charge in [-0.2, -0.15) is 0 Å². The van der Waals surface area contributed by atoms with Gasteiger partial charge >= 0.3 is 6.03 Å². The molecule has 2 bridgehead atoms. The molecule has 2 saturated carbocycles. The molecule has 22 heavy (non-hydrogen) atoms. The van der Waals surface area contributed by atoms with Crippen molar-refractivity contribution in [2.45, 2.75) is 64.8 Å². The first kappa shape index (κ1) is 15.4. The summed E-state index contributed by atoms with van der Waals surface area (Å²) in [5.41, 5.74) is -0.111. The molecule has 3 rings (SSSR count). The summed E-state index contributed by atoms with van der Waals surface area (Å²) in [7, 11) is 0. The highest BCUT2D eigenvalue weighted by Crippen LogP contribution is 2.49. The number of rotatable bonds is 3. The lowest BCUT2D eigenvalue weighted by Gasteiger charge is -2.28. The lowest BCUT2D eigenvalue weighted by atomic mass is 9.84. The maximum Gasteiger partial charge on any atom is 0.320 e. The van der Waals surface area contributed by atoms with Crippen LogP contribution in [0.5, 0.6) is 0 Å². The van der Waals surface area contributed by atoms with Gasteiger partial charge in [0.25, 0.3) is 0 Å². The predicted molar refractivity (Wildman–Crippen MR) is 85.8 cm³/mol. The molecule has 2 aliphatic rings. The summed E-state index contributed by atoms with van der Waals surface area (Å²) in [6.07, 6.45) is 5.34. The maximum absolute atomic E-state index is 12.1. The molecular weight excluding hydrogens is 278 g/mol. The van der Waals surface area contributed by atoms with Gasteiger partial charge in [0.05, 0.1) is 0 Å². The Morgan fingerprint density at radius 3 is 2.68 bits per heavy atom. The number of carbonyl (C=O) groups excluding carboxylic acids is 1. The molecule has 0 saturated heterocycles. The highest BCUT2D eigenvalue weighted by molar-refractivity contribution is 5.88. The third kappa shape index (κ3) is 3.13. The van der Waals surface area contributed by atoms with Gasteiger partial charge in [0.15, 0.2) is 5.82 Å². The van der Waals surface area contributed by atoms with Crippen LogP contribution in [0.1, 0.15) is 59.1 Å². The Bertz CT molecular complexity index is 546. The van der Waals surface area contributed by atoms with Crippen LogP contribution in [0.2, 0.25) is 0 Å². The summed E-state index contributed by atoms with van der Waals surface area (Å²) in [5, 5.41) is 9.77. The van der Waals surface area contributed by atoms with Gasteiger partial charge in [-0.15, -0.1) is 0 Å². The van der Waals surface area contributed by atoms with Gasteiger partial charge in [-0.3, -0.25) is 5.32 Å². The summed E-state index contributed by atoms with van der Waals surface area (Å²) < 4.78 is 5.28. The van der Waals surface area contributed by atoms with Gasteiger partial charge in [0.2, 0.25) is 0 Å². The molecule has 1 heterocycles. The van der Waals surface area contributed by atoms with Crippen molar-refractivity contribution in [2.75, 3.05) is 5.32 Å². The summed E-state index contributed by atoms with van der Waals surface area (Å²) in [6.45, 7) is 8.27. The van der Waals surface area contributed by atoms with Crippen LogP contribution in [0.3, 0.4) is 0 Å². The van der Waals surface area contributed by atoms with E-state index in [9.17, 15) is 4.79 Å². The first-order valence-corrected chi connectivity index (χ1v) is 8.37. The van der Waals surface area contributed by atoms with E-state index in [1.807, 2.05) is 0 Å². The Kier molecular flexibility index (Phi) is 3.91. The van der Waals surface area contributed by atoms with Crippen LogP contribution in [0.25, 0.3) is 0 Å². The minimum Gasteiger partial charge on any atom is -0.359 e. The predicted octanol–water partition coefficient (Wildman–Crippen LogP) is 3.92. The summed E-state index contributed by atoms with van der Waals surface area (Å²) in [5.74, 6) is 3.57. The molecular formula is C17H27N3O2. The molecule has 5 heteroatoms. The summed E-state index contributed by atoms with van der Waals surface area (Å²) >= 11 is 0. The van der Waals surface area contributed by atoms with Crippen molar-refractivity contribution in [1.82, 2.24) is 10.5 Å². The van der Waals surface area contributed by atoms with E-state index in [-0.39, 0.29) is 17.5 Å². The van der Waals surface area contributed by atoms with Crippen LogP contribution in [0, 0.1) is 17.8 Å². The number of aromatic nitrogens is 1. The number of hydrogen-bond donors (Lipinski definition) is 2. The topological polar surface area (TPSA) is 67.2 Å². The number of urea groups is 1. The molecule has 0 spiro atoms. The van der Waals surface area contributed by atoms with E-state index in [4.69, 9.17) is 4.52 Å². The van der Waals surface area contributed by atoms with Crippen molar-refractivity contribution in [2.24, 2.45) is 17.8 Å². The number of carbonyl (C=O) groups is 1. The van der Waals surface area contributed by atoms with Crippen LogP contribution >= 0.6 is 0 Å². The average molecular weight is 305 g/mol. The van der Waals surface area contributed by atoms with E-state index in [1.54, 1.807) is 6.07 Å². The molecule has 2 N–H and O–H groups in total. The zero-order valence-corrected chi connectivity index (χ0v) is 14.0. The third-order valence-electron chi connectivity index (χ3n) is 5.28. The van der Waals surface area contributed by atoms with Crippen LogP contribution in [0.4, 0.5) is 10.6 Å². The average Bonchev–Trinajstić information content (AvgIpc) is 3.12. The Balaban J connectivity index is 1.53. The van der Waals surface area contributed by atoms with E-state index in [2.05, 4.69) is 43.5 Å². The zero-order chi connectivity index (χ0) is 15.9. The molecule has 0 radical (unpaired) electrons. The smallest absolute Gasteiger partial charge is 0.320 e. The summed E-state index contributed by atoms with van der Waals surface area (Å²) in [6, 6.07) is 1.82. The first-order chi connectivity index (χ1) is 10.3. The van der Waals surface area contributed by atoms with Crippen LogP contribution in [0.15, 0.2) is 10.6 Å². The number of amides is 2. The molecule has 1 aromatic heterocycles. The van der Waals surface area contributed by atoms with Gasteiger partial charge < -0.3 is 9.84 Å². The molecule has 4 unspecified atom stereocenters. The summed E-state index contributed by atoms with van der Waals surface area (Å²) in [4.78, 5) is 12.1. The lowest BCUT2D eigenvalue weighted by Crippen LogP contribution is -2.42. The molecule has 1 aromatic rings. The molecule has 4 atom stereocenters. The SMILES string of the molecule is CC(NC(=O)Nc1cc(C(C)(C)C)on1)C1CC2CCC1C2. The Hall–Kier alpha value is -1.52. The molecule has 122 valence electrons. The second kappa shape index (κ2) is 5.60. The molecule has 2 aliphatic carbocycles. The minimum absolute atomic E-state index is 0.111. The number of fused-ring (bicyclic) bond motifs is 2. The Labute approximate surface area is 132 Å². The van der Waals surface area contributed by atoms with Crippen molar-refractivity contribution in [1.29, 1.82) is 0 Å². The van der Waals surface area contributed by atoms with Crippen molar-refractivity contribution in [3.8, 4) is 0 Å². The fourth-order valence-corrected chi connectivity index (χ4v) is 4.06. The van der Waals surface area contributed by atoms with Crippen molar-refractivity contribution >= 4 is 11.8 Å². The number of nitrogens with zero attached hydrogens (tertiary/aromatic N) is 1. The molecule has 0 aromatic carbocycles. The first-order valence-electron chi connectivity index (χ1n) is 8.37. The van der Waals surface area contributed by atoms with Gasteiger partial charge in [-0.25, -0.2) is 4.79 Å². The fraction of sp³-hybridized carbons (Fsp3) is 0.765. The monoisotopic (exact) mass is 305 g/mol. The lowest BCUT2D eigenvalue weighted by molar-refractivity contribution is 0.230. The van der Waals surface area contributed by atoms with Gasteiger partial charge in [-0.1, -0.05) is 32.3 Å². The number of anilines is 1. The fourth-order valence-electron chi connectivity index (χ4n) is 4.06. The molecule has 5 nitrogen and oxygen atoms in total. The van der Waals surface area contributed by atoms with Crippen LogP contribution < -0.4 is 10.6 Å². The van der Waals surface area contributed by atoms with E-state index in [0.29, 0.717) is 11.7 Å².